The number of hydrazone groups is 1. The molecule has 1 aromatic heterocycles. The summed E-state index contributed by atoms with van der Waals surface area (Å²) in [5, 5.41) is 4.14. The number of aromatic nitrogens is 1. The minimum absolute atomic E-state index is 0.221. The molecule has 27 heavy (non-hydrogen) atoms. The van der Waals surface area contributed by atoms with Gasteiger partial charge in [-0.1, -0.05) is 17.7 Å². The van der Waals surface area contributed by atoms with Crippen molar-refractivity contribution in [1.82, 2.24) is 9.99 Å². The first kappa shape index (κ1) is 18.6. The van der Waals surface area contributed by atoms with Gasteiger partial charge in [-0.3, -0.25) is 4.79 Å². The SMILES string of the molecule is Cc1cc(C)c(/C=N/NC(=O)c2ccc(-n3c(C)ccc3C)cc2)c(C)c1. The molecule has 0 fully saturated rings. The normalized spacial score (nSPS) is 11.1. The number of aryl methyl sites for hydroxylation is 5. The molecule has 4 heteroatoms. The van der Waals surface area contributed by atoms with Crippen molar-refractivity contribution in [2.24, 2.45) is 5.10 Å². The Morgan fingerprint density at radius 1 is 0.889 bits per heavy atom. The first-order chi connectivity index (χ1) is 12.9. The first-order valence-corrected chi connectivity index (χ1v) is 9.03. The molecule has 138 valence electrons. The van der Waals surface area contributed by atoms with E-state index in [1.54, 1.807) is 6.21 Å². The Morgan fingerprint density at radius 3 is 2.00 bits per heavy atom. The van der Waals surface area contributed by atoms with Crippen LogP contribution in [0, 0.1) is 34.6 Å². The number of nitrogens with one attached hydrogen (secondary N) is 1. The molecule has 1 N–H and O–H groups in total. The van der Waals surface area contributed by atoms with Crippen LogP contribution in [0.2, 0.25) is 0 Å². The summed E-state index contributed by atoms with van der Waals surface area (Å²) in [7, 11) is 0. The molecular weight excluding hydrogens is 334 g/mol. The van der Waals surface area contributed by atoms with E-state index in [1.165, 1.54) is 5.56 Å². The van der Waals surface area contributed by atoms with Crippen molar-refractivity contribution in [3.63, 3.8) is 0 Å². The summed E-state index contributed by atoms with van der Waals surface area (Å²) in [5.74, 6) is -0.221. The standard InChI is InChI=1S/C23H25N3O/c1-15-12-16(2)22(17(3)13-15)14-24-25-23(27)20-8-10-21(11-9-20)26-18(4)6-7-19(26)5/h6-14H,1-5H3,(H,25,27)/b24-14+. The molecule has 0 radical (unpaired) electrons. The lowest BCUT2D eigenvalue weighted by molar-refractivity contribution is 0.0955. The van der Waals surface area contributed by atoms with Crippen LogP contribution in [0.25, 0.3) is 5.69 Å². The van der Waals surface area contributed by atoms with Gasteiger partial charge in [-0.15, -0.1) is 0 Å². The average Bonchev–Trinajstić information content (AvgIpc) is 2.95. The van der Waals surface area contributed by atoms with E-state index in [0.29, 0.717) is 5.56 Å². The Morgan fingerprint density at radius 2 is 1.44 bits per heavy atom. The second-order valence-electron chi connectivity index (χ2n) is 7.01. The highest BCUT2D eigenvalue weighted by Crippen LogP contribution is 2.17. The van der Waals surface area contributed by atoms with E-state index in [-0.39, 0.29) is 5.91 Å². The van der Waals surface area contributed by atoms with Crippen LogP contribution in [0.4, 0.5) is 0 Å². The van der Waals surface area contributed by atoms with Crippen molar-refractivity contribution in [2.75, 3.05) is 0 Å². The van der Waals surface area contributed by atoms with Gasteiger partial charge in [-0.2, -0.15) is 5.10 Å². The molecular formula is C23H25N3O. The monoisotopic (exact) mass is 359 g/mol. The van der Waals surface area contributed by atoms with Gasteiger partial charge in [0, 0.05) is 28.2 Å². The van der Waals surface area contributed by atoms with Gasteiger partial charge in [0.15, 0.2) is 0 Å². The van der Waals surface area contributed by atoms with Crippen molar-refractivity contribution in [2.45, 2.75) is 34.6 Å². The molecule has 0 aliphatic carbocycles. The lowest BCUT2D eigenvalue weighted by Crippen LogP contribution is -2.17. The van der Waals surface area contributed by atoms with Gasteiger partial charge in [0.1, 0.15) is 0 Å². The van der Waals surface area contributed by atoms with Crippen molar-refractivity contribution < 1.29 is 4.79 Å². The average molecular weight is 359 g/mol. The summed E-state index contributed by atoms with van der Waals surface area (Å²) in [4.78, 5) is 12.4. The van der Waals surface area contributed by atoms with Gasteiger partial charge >= 0.3 is 0 Å². The van der Waals surface area contributed by atoms with Gasteiger partial charge in [0.05, 0.1) is 6.21 Å². The maximum absolute atomic E-state index is 12.4. The minimum atomic E-state index is -0.221. The number of benzene rings is 2. The third-order valence-electron chi connectivity index (χ3n) is 4.76. The van der Waals surface area contributed by atoms with Crippen molar-refractivity contribution >= 4 is 12.1 Å². The van der Waals surface area contributed by atoms with Gasteiger partial charge < -0.3 is 4.57 Å². The zero-order valence-electron chi connectivity index (χ0n) is 16.5. The fourth-order valence-corrected chi connectivity index (χ4v) is 3.45. The summed E-state index contributed by atoms with van der Waals surface area (Å²) in [6, 6.07) is 15.9. The van der Waals surface area contributed by atoms with Crippen LogP contribution in [0.1, 0.15) is 44.0 Å². The molecule has 0 spiro atoms. The third-order valence-corrected chi connectivity index (χ3v) is 4.76. The van der Waals surface area contributed by atoms with Gasteiger partial charge in [-0.25, -0.2) is 5.43 Å². The van der Waals surface area contributed by atoms with Crippen LogP contribution < -0.4 is 5.43 Å². The Balaban J connectivity index is 1.72. The van der Waals surface area contributed by atoms with Crippen LogP contribution in [0.5, 0.6) is 0 Å². The van der Waals surface area contributed by atoms with E-state index in [1.807, 2.05) is 38.1 Å². The largest absolute Gasteiger partial charge is 0.319 e. The second-order valence-corrected chi connectivity index (χ2v) is 7.01. The molecule has 0 saturated heterocycles. The maximum Gasteiger partial charge on any atom is 0.271 e. The molecule has 2 aromatic carbocycles. The second kappa shape index (κ2) is 7.62. The number of hydrogen-bond donors (Lipinski definition) is 1. The number of rotatable bonds is 4. The molecule has 0 atom stereocenters. The Hall–Kier alpha value is -3.14. The molecule has 4 nitrogen and oxygen atoms in total. The molecule has 3 aromatic rings. The lowest BCUT2D eigenvalue weighted by Gasteiger charge is -2.10. The van der Waals surface area contributed by atoms with Gasteiger partial charge in [0.2, 0.25) is 0 Å². The summed E-state index contributed by atoms with van der Waals surface area (Å²) in [5.41, 5.74) is 11.1. The molecule has 0 bridgehead atoms. The quantitative estimate of drug-likeness (QED) is 0.529. The zero-order valence-corrected chi connectivity index (χ0v) is 16.5. The number of amides is 1. The van der Waals surface area contributed by atoms with Crippen LogP contribution in [-0.2, 0) is 0 Å². The predicted octanol–water partition coefficient (Wildman–Crippen LogP) is 4.78. The Bertz CT molecular complexity index is 968. The molecule has 0 saturated carbocycles. The number of hydrogen-bond acceptors (Lipinski definition) is 2. The summed E-state index contributed by atoms with van der Waals surface area (Å²) >= 11 is 0. The number of nitrogens with zero attached hydrogens (tertiary/aromatic N) is 2. The number of carbonyl (C=O) groups excluding carboxylic acids is 1. The topological polar surface area (TPSA) is 46.4 Å². The van der Waals surface area contributed by atoms with Crippen molar-refractivity contribution in [3.05, 3.63) is 87.7 Å². The van der Waals surface area contributed by atoms with Crippen LogP contribution in [-0.4, -0.2) is 16.7 Å². The highest BCUT2D eigenvalue weighted by atomic mass is 16.2. The molecule has 0 unspecified atom stereocenters. The highest BCUT2D eigenvalue weighted by Gasteiger charge is 2.07. The van der Waals surface area contributed by atoms with E-state index >= 15 is 0 Å². The summed E-state index contributed by atoms with van der Waals surface area (Å²) < 4.78 is 2.16. The van der Waals surface area contributed by atoms with Gasteiger partial charge in [-0.05, 0) is 82.1 Å². The molecule has 1 amide bonds. The van der Waals surface area contributed by atoms with Gasteiger partial charge in [0.25, 0.3) is 5.91 Å². The van der Waals surface area contributed by atoms with Crippen LogP contribution >= 0.6 is 0 Å². The molecule has 0 aliphatic heterocycles. The predicted molar refractivity (Wildman–Crippen MR) is 111 cm³/mol. The summed E-state index contributed by atoms with van der Waals surface area (Å²) in [6.07, 6.45) is 1.71. The first-order valence-electron chi connectivity index (χ1n) is 9.03. The van der Waals surface area contributed by atoms with E-state index in [0.717, 1.165) is 33.8 Å². The highest BCUT2D eigenvalue weighted by molar-refractivity contribution is 5.95. The van der Waals surface area contributed by atoms with Crippen molar-refractivity contribution in [3.8, 4) is 5.69 Å². The van der Waals surface area contributed by atoms with E-state index in [2.05, 4.69) is 60.1 Å². The third kappa shape index (κ3) is 4.00. The number of carbonyl (C=O) groups is 1. The Labute approximate surface area is 160 Å². The fraction of sp³-hybridized carbons (Fsp3) is 0.217. The Kier molecular flexibility index (Phi) is 5.26. The minimum Gasteiger partial charge on any atom is -0.319 e. The molecule has 1 heterocycles. The van der Waals surface area contributed by atoms with E-state index < -0.39 is 0 Å². The van der Waals surface area contributed by atoms with Crippen molar-refractivity contribution in [1.29, 1.82) is 0 Å². The molecule has 0 aliphatic rings. The molecule has 3 rings (SSSR count). The van der Waals surface area contributed by atoms with E-state index in [4.69, 9.17) is 0 Å². The smallest absolute Gasteiger partial charge is 0.271 e. The lowest BCUT2D eigenvalue weighted by atomic mass is 10.0. The summed E-state index contributed by atoms with van der Waals surface area (Å²) in [6.45, 7) is 10.3. The van der Waals surface area contributed by atoms with Crippen LogP contribution in [0.3, 0.4) is 0 Å². The van der Waals surface area contributed by atoms with E-state index in [9.17, 15) is 4.79 Å². The van der Waals surface area contributed by atoms with Crippen LogP contribution in [0.15, 0.2) is 53.6 Å². The fourth-order valence-electron chi connectivity index (χ4n) is 3.45. The zero-order chi connectivity index (χ0) is 19.6. The maximum atomic E-state index is 12.4.